The summed E-state index contributed by atoms with van der Waals surface area (Å²) >= 11 is 0. The Bertz CT molecular complexity index is 683. The Labute approximate surface area is 138 Å². The normalized spacial score (nSPS) is 20.4. The smallest absolute Gasteiger partial charge is 0.120 e. The van der Waals surface area contributed by atoms with E-state index in [2.05, 4.69) is 35.6 Å². The fraction of sp³-hybridized carbons (Fsp3) is 0.500. The van der Waals surface area contributed by atoms with Crippen molar-refractivity contribution in [2.75, 3.05) is 19.7 Å². The van der Waals surface area contributed by atoms with Crippen LogP contribution in [0.2, 0.25) is 0 Å². The Morgan fingerprint density at radius 3 is 2.43 bits per heavy atom. The summed E-state index contributed by atoms with van der Waals surface area (Å²) in [6.07, 6.45) is 5.43. The minimum atomic E-state index is 0.389. The molecule has 3 nitrogen and oxygen atoms in total. The van der Waals surface area contributed by atoms with E-state index in [0.717, 1.165) is 11.5 Å². The summed E-state index contributed by atoms with van der Waals surface area (Å²) < 4.78 is 11.8. The zero-order chi connectivity index (χ0) is 15.7. The highest BCUT2D eigenvalue weighted by molar-refractivity contribution is 5.85. The summed E-state index contributed by atoms with van der Waals surface area (Å²) in [6.45, 7) is 5.05. The van der Waals surface area contributed by atoms with E-state index in [9.17, 15) is 0 Å². The van der Waals surface area contributed by atoms with Gasteiger partial charge in [-0.3, -0.25) is 0 Å². The van der Waals surface area contributed by atoms with Crippen LogP contribution >= 0.6 is 0 Å². The standard InChI is InChI=1S/C20H25NO2/c1-2-22-17-5-3-15-4-6-18(12-16(15)11-17)23-19-13-20(14-19)7-9-21-10-8-20/h3-6,11-12,19,21H,2,7-10,13-14H2,1H3. The largest absolute Gasteiger partial charge is 0.494 e. The lowest BCUT2D eigenvalue weighted by atomic mass is 9.62. The molecule has 2 fully saturated rings. The van der Waals surface area contributed by atoms with Gasteiger partial charge in [-0.2, -0.15) is 0 Å². The average Bonchev–Trinajstić information content (AvgIpc) is 2.54. The van der Waals surface area contributed by atoms with Gasteiger partial charge < -0.3 is 14.8 Å². The van der Waals surface area contributed by atoms with Crippen molar-refractivity contribution in [3.8, 4) is 11.5 Å². The van der Waals surface area contributed by atoms with E-state index < -0.39 is 0 Å². The van der Waals surface area contributed by atoms with Gasteiger partial charge in [-0.05, 0) is 86.1 Å². The highest BCUT2D eigenvalue weighted by atomic mass is 16.5. The fourth-order valence-corrected chi connectivity index (χ4v) is 4.08. The zero-order valence-corrected chi connectivity index (χ0v) is 13.8. The Kier molecular flexibility index (Phi) is 3.90. The lowest BCUT2D eigenvalue weighted by Crippen LogP contribution is -2.49. The highest BCUT2D eigenvalue weighted by Crippen LogP contribution is 2.49. The van der Waals surface area contributed by atoms with Gasteiger partial charge in [-0.25, -0.2) is 0 Å². The van der Waals surface area contributed by atoms with Crippen molar-refractivity contribution in [3.05, 3.63) is 36.4 Å². The molecule has 2 aromatic rings. The summed E-state index contributed by atoms with van der Waals surface area (Å²) in [7, 11) is 0. The third kappa shape index (κ3) is 3.02. The molecule has 1 saturated carbocycles. The van der Waals surface area contributed by atoms with Crippen LogP contribution in [0.1, 0.15) is 32.6 Å². The lowest BCUT2D eigenvalue weighted by molar-refractivity contribution is -0.0347. The molecule has 0 bridgehead atoms. The predicted molar refractivity (Wildman–Crippen MR) is 93.3 cm³/mol. The zero-order valence-electron chi connectivity index (χ0n) is 13.8. The number of fused-ring (bicyclic) bond motifs is 1. The van der Waals surface area contributed by atoms with Crippen molar-refractivity contribution in [3.63, 3.8) is 0 Å². The van der Waals surface area contributed by atoms with Crippen LogP contribution in [-0.4, -0.2) is 25.8 Å². The number of benzene rings is 2. The number of piperidine rings is 1. The van der Waals surface area contributed by atoms with Gasteiger partial charge in [0.1, 0.15) is 11.5 Å². The quantitative estimate of drug-likeness (QED) is 0.920. The fourth-order valence-electron chi connectivity index (χ4n) is 4.08. The molecule has 0 radical (unpaired) electrons. The van der Waals surface area contributed by atoms with Gasteiger partial charge in [0.05, 0.1) is 12.7 Å². The predicted octanol–water partition coefficient (Wildman–Crippen LogP) is 4.15. The summed E-state index contributed by atoms with van der Waals surface area (Å²) in [5, 5.41) is 5.87. The van der Waals surface area contributed by atoms with Gasteiger partial charge in [-0.1, -0.05) is 12.1 Å². The van der Waals surface area contributed by atoms with Gasteiger partial charge in [0.15, 0.2) is 0 Å². The second-order valence-corrected chi connectivity index (χ2v) is 7.00. The first kappa shape index (κ1) is 14.8. The van der Waals surface area contributed by atoms with Crippen molar-refractivity contribution < 1.29 is 9.47 Å². The van der Waals surface area contributed by atoms with E-state index >= 15 is 0 Å². The molecule has 0 aromatic heterocycles. The molecule has 4 rings (SSSR count). The molecule has 0 atom stereocenters. The van der Waals surface area contributed by atoms with Crippen LogP contribution in [0.5, 0.6) is 11.5 Å². The molecular weight excluding hydrogens is 286 g/mol. The number of hydrogen-bond donors (Lipinski definition) is 1. The topological polar surface area (TPSA) is 30.5 Å². The first-order valence-electron chi connectivity index (χ1n) is 8.80. The van der Waals surface area contributed by atoms with Crippen LogP contribution in [0.3, 0.4) is 0 Å². The minimum absolute atomic E-state index is 0.389. The van der Waals surface area contributed by atoms with E-state index in [1.807, 2.05) is 13.0 Å². The molecule has 1 spiro atoms. The van der Waals surface area contributed by atoms with E-state index in [4.69, 9.17) is 9.47 Å². The van der Waals surface area contributed by atoms with Gasteiger partial charge in [0.25, 0.3) is 0 Å². The lowest BCUT2D eigenvalue weighted by Gasteiger charge is -2.49. The van der Waals surface area contributed by atoms with Gasteiger partial charge >= 0.3 is 0 Å². The Morgan fingerprint density at radius 1 is 1.00 bits per heavy atom. The Balaban J connectivity index is 1.45. The maximum atomic E-state index is 6.22. The first-order valence-corrected chi connectivity index (χ1v) is 8.80. The third-order valence-corrected chi connectivity index (χ3v) is 5.38. The summed E-state index contributed by atoms with van der Waals surface area (Å²) in [5.41, 5.74) is 0.564. The maximum Gasteiger partial charge on any atom is 0.120 e. The Hall–Kier alpha value is -1.74. The van der Waals surface area contributed by atoms with E-state index in [0.29, 0.717) is 18.1 Å². The molecule has 2 aliphatic rings. The second kappa shape index (κ2) is 6.04. The van der Waals surface area contributed by atoms with Crippen molar-refractivity contribution in [2.45, 2.75) is 38.7 Å². The van der Waals surface area contributed by atoms with Crippen LogP contribution in [-0.2, 0) is 0 Å². The van der Waals surface area contributed by atoms with E-state index in [1.54, 1.807) is 0 Å². The second-order valence-electron chi connectivity index (χ2n) is 7.00. The molecule has 122 valence electrons. The van der Waals surface area contributed by atoms with E-state index in [1.165, 1.54) is 49.5 Å². The molecule has 0 unspecified atom stereocenters. The van der Waals surface area contributed by atoms with Crippen molar-refractivity contribution in [2.24, 2.45) is 5.41 Å². The number of ether oxygens (including phenoxy) is 2. The van der Waals surface area contributed by atoms with Crippen molar-refractivity contribution in [1.82, 2.24) is 5.32 Å². The van der Waals surface area contributed by atoms with Crippen LogP contribution in [0.4, 0.5) is 0 Å². The van der Waals surface area contributed by atoms with Gasteiger partial charge in [-0.15, -0.1) is 0 Å². The molecular formula is C20H25NO2. The molecule has 1 saturated heterocycles. The SMILES string of the molecule is CCOc1ccc2ccc(OC3CC4(CCNCC4)C3)cc2c1. The number of nitrogens with one attached hydrogen (secondary N) is 1. The molecule has 2 aromatic carbocycles. The molecule has 3 heteroatoms. The molecule has 1 aliphatic heterocycles. The minimum Gasteiger partial charge on any atom is -0.494 e. The van der Waals surface area contributed by atoms with Crippen LogP contribution < -0.4 is 14.8 Å². The molecule has 1 heterocycles. The summed E-state index contributed by atoms with van der Waals surface area (Å²) in [6, 6.07) is 12.6. The van der Waals surface area contributed by atoms with E-state index in [-0.39, 0.29) is 0 Å². The molecule has 1 aliphatic carbocycles. The third-order valence-electron chi connectivity index (χ3n) is 5.38. The van der Waals surface area contributed by atoms with Gasteiger partial charge in [0.2, 0.25) is 0 Å². The van der Waals surface area contributed by atoms with Crippen LogP contribution in [0, 0.1) is 5.41 Å². The maximum absolute atomic E-state index is 6.22. The molecule has 23 heavy (non-hydrogen) atoms. The van der Waals surface area contributed by atoms with Crippen molar-refractivity contribution in [1.29, 1.82) is 0 Å². The van der Waals surface area contributed by atoms with Crippen LogP contribution in [0.25, 0.3) is 10.8 Å². The first-order chi connectivity index (χ1) is 11.3. The monoisotopic (exact) mass is 311 g/mol. The molecule has 0 amide bonds. The van der Waals surface area contributed by atoms with Crippen molar-refractivity contribution >= 4 is 10.8 Å². The Morgan fingerprint density at radius 2 is 1.70 bits per heavy atom. The summed E-state index contributed by atoms with van der Waals surface area (Å²) in [4.78, 5) is 0. The number of rotatable bonds is 4. The van der Waals surface area contributed by atoms with Crippen LogP contribution in [0.15, 0.2) is 36.4 Å². The summed E-state index contributed by atoms with van der Waals surface area (Å²) in [5.74, 6) is 1.91. The highest BCUT2D eigenvalue weighted by Gasteiger charge is 2.45. The molecule has 1 N–H and O–H groups in total. The average molecular weight is 311 g/mol. The number of hydrogen-bond acceptors (Lipinski definition) is 3. The van der Waals surface area contributed by atoms with Gasteiger partial charge in [0, 0.05) is 0 Å².